The van der Waals surface area contributed by atoms with Crippen LogP contribution < -0.4 is 21.3 Å². The van der Waals surface area contributed by atoms with Crippen molar-refractivity contribution < 1.29 is 18.8 Å². The molecule has 27 heavy (non-hydrogen) atoms. The lowest BCUT2D eigenvalue weighted by molar-refractivity contribution is -0.123. The maximum atomic E-state index is 12.9. The highest BCUT2D eigenvalue weighted by Gasteiger charge is 2.49. The fourth-order valence-corrected chi connectivity index (χ4v) is 3.49. The Morgan fingerprint density at radius 1 is 1.07 bits per heavy atom. The lowest BCUT2D eigenvalue weighted by atomic mass is 9.96. The smallest absolute Gasteiger partial charge is 0.322 e. The lowest BCUT2D eigenvalue weighted by Crippen LogP contribution is -2.47. The maximum Gasteiger partial charge on any atom is 0.322 e. The van der Waals surface area contributed by atoms with Gasteiger partial charge in [-0.1, -0.05) is 18.2 Å². The molecule has 1 unspecified atom stereocenters. The van der Waals surface area contributed by atoms with Gasteiger partial charge in [0.1, 0.15) is 11.4 Å². The van der Waals surface area contributed by atoms with E-state index < -0.39 is 11.6 Å². The van der Waals surface area contributed by atoms with Crippen molar-refractivity contribution >= 4 is 23.7 Å². The van der Waals surface area contributed by atoms with Gasteiger partial charge in [0.15, 0.2) is 0 Å². The zero-order chi connectivity index (χ0) is 19.0. The molecule has 1 fully saturated rings. The number of amides is 5. The number of carbonyl (C=O) groups is 3. The van der Waals surface area contributed by atoms with Crippen LogP contribution in [0.15, 0.2) is 42.5 Å². The molecule has 1 aliphatic carbocycles. The van der Waals surface area contributed by atoms with Crippen molar-refractivity contribution in [3.8, 4) is 0 Å². The molecule has 1 saturated heterocycles. The quantitative estimate of drug-likeness (QED) is 0.622. The number of halogens is 1. The summed E-state index contributed by atoms with van der Waals surface area (Å²) in [5.41, 5.74) is 2.31. The van der Waals surface area contributed by atoms with E-state index in [0.717, 1.165) is 16.7 Å². The molecule has 4 N–H and O–H groups in total. The van der Waals surface area contributed by atoms with Gasteiger partial charge in [-0.2, -0.15) is 0 Å². The molecule has 0 bridgehead atoms. The molecule has 0 saturated carbocycles. The largest absolute Gasteiger partial charge is 0.334 e. The first-order valence-corrected chi connectivity index (χ1v) is 8.48. The number of fused-ring (bicyclic) bond motifs is 1. The van der Waals surface area contributed by atoms with Crippen molar-refractivity contribution in [3.05, 3.63) is 65.0 Å². The molecule has 1 spiro atoms. The van der Waals surface area contributed by atoms with E-state index in [9.17, 15) is 18.8 Å². The fourth-order valence-electron chi connectivity index (χ4n) is 3.49. The van der Waals surface area contributed by atoms with Crippen LogP contribution >= 0.6 is 0 Å². The SMILES string of the molecule is O=C(NCc1ccc(F)cc1)Nc1ccc2c(c1)CC1(C2)NC(=O)NC1=O. The molecule has 1 aliphatic heterocycles. The van der Waals surface area contributed by atoms with Crippen LogP contribution in [0, 0.1) is 5.82 Å². The van der Waals surface area contributed by atoms with E-state index in [1.807, 2.05) is 6.07 Å². The molecule has 0 aromatic heterocycles. The number of benzene rings is 2. The van der Waals surface area contributed by atoms with E-state index in [1.165, 1.54) is 12.1 Å². The molecule has 138 valence electrons. The van der Waals surface area contributed by atoms with Crippen molar-refractivity contribution in [1.29, 1.82) is 0 Å². The van der Waals surface area contributed by atoms with E-state index in [1.54, 1.807) is 24.3 Å². The summed E-state index contributed by atoms with van der Waals surface area (Å²) in [6, 6.07) is 10.4. The van der Waals surface area contributed by atoms with E-state index in [-0.39, 0.29) is 24.3 Å². The molecule has 4 rings (SSSR count). The number of rotatable bonds is 3. The Morgan fingerprint density at radius 3 is 2.52 bits per heavy atom. The second kappa shape index (κ2) is 6.39. The average Bonchev–Trinajstić information content (AvgIpc) is 3.12. The standard InChI is InChI=1S/C19H17FN4O3/c20-14-4-1-11(2-5-14)10-21-17(26)22-15-6-3-12-8-19(9-13(12)7-15)16(25)23-18(27)24-19/h1-7H,8-10H2,(H2,21,22,26)(H2,23,24,25,27). The summed E-state index contributed by atoms with van der Waals surface area (Å²) in [7, 11) is 0. The van der Waals surface area contributed by atoms with Gasteiger partial charge in [0.05, 0.1) is 0 Å². The summed E-state index contributed by atoms with van der Waals surface area (Å²) in [6.45, 7) is 0.270. The Morgan fingerprint density at radius 2 is 1.81 bits per heavy atom. The van der Waals surface area contributed by atoms with Crippen molar-refractivity contribution in [1.82, 2.24) is 16.0 Å². The number of hydrogen-bond donors (Lipinski definition) is 4. The third-order valence-electron chi connectivity index (χ3n) is 4.83. The number of hydrogen-bond acceptors (Lipinski definition) is 3. The topological polar surface area (TPSA) is 99.3 Å². The second-order valence-electron chi connectivity index (χ2n) is 6.76. The van der Waals surface area contributed by atoms with Gasteiger partial charge in [-0.05, 0) is 41.0 Å². The van der Waals surface area contributed by atoms with Gasteiger partial charge < -0.3 is 16.0 Å². The van der Waals surface area contributed by atoms with E-state index in [4.69, 9.17) is 0 Å². The maximum absolute atomic E-state index is 12.9. The van der Waals surface area contributed by atoms with Gasteiger partial charge in [-0.15, -0.1) is 0 Å². The van der Waals surface area contributed by atoms with Crippen molar-refractivity contribution in [3.63, 3.8) is 0 Å². The molecule has 2 aliphatic rings. The zero-order valence-corrected chi connectivity index (χ0v) is 14.3. The Balaban J connectivity index is 1.39. The number of imide groups is 1. The summed E-state index contributed by atoms with van der Waals surface area (Å²) in [5.74, 6) is -0.651. The molecule has 7 nitrogen and oxygen atoms in total. The van der Waals surface area contributed by atoms with Gasteiger partial charge in [0, 0.05) is 25.1 Å². The molecule has 1 atom stereocenters. The first-order chi connectivity index (χ1) is 12.9. The minimum absolute atomic E-state index is 0.270. The molecule has 2 aromatic rings. The van der Waals surface area contributed by atoms with Gasteiger partial charge in [-0.25, -0.2) is 14.0 Å². The normalized spacial score (nSPS) is 20.2. The second-order valence-corrected chi connectivity index (χ2v) is 6.76. The van der Waals surface area contributed by atoms with Crippen molar-refractivity contribution in [2.45, 2.75) is 24.9 Å². The molecule has 5 amide bonds. The summed E-state index contributed by atoms with van der Waals surface area (Å²) in [5, 5.41) is 10.4. The van der Waals surface area contributed by atoms with Gasteiger partial charge in [0.25, 0.3) is 5.91 Å². The summed E-state index contributed by atoms with van der Waals surface area (Å²) < 4.78 is 12.9. The highest BCUT2D eigenvalue weighted by Crippen LogP contribution is 2.33. The first-order valence-electron chi connectivity index (χ1n) is 8.48. The van der Waals surface area contributed by atoms with Crippen molar-refractivity contribution in [2.75, 3.05) is 5.32 Å². The number of nitrogens with one attached hydrogen (secondary N) is 4. The summed E-state index contributed by atoms with van der Waals surface area (Å²) >= 11 is 0. The number of carbonyl (C=O) groups excluding carboxylic acids is 3. The van der Waals surface area contributed by atoms with Crippen LogP contribution in [0.5, 0.6) is 0 Å². The van der Waals surface area contributed by atoms with Crippen LogP contribution in [0.4, 0.5) is 19.7 Å². The third kappa shape index (κ3) is 3.33. The average molecular weight is 368 g/mol. The van der Waals surface area contributed by atoms with Crippen LogP contribution in [0.3, 0.4) is 0 Å². The Kier molecular flexibility index (Phi) is 4.02. The Hall–Kier alpha value is -3.42. The highest BCUT2D eigenvalue weighted by atomic mass is 19.1. The molecule has 2 aromatic carbocycles. The monoisotopic (exact) mass is 368 g/mol. The molecule has 0 radical (unpaired) electrons. The molecular weight excluding hydrogens is 351 g/mol. The Labute approximate surface area is 154 Å². The van der Waals surface area contributed by atoms with Gasteiger partial charge >= 0.3 is 12.1 Å². The zero-order valence-electron chi connectivity index (χ0n) is 14.3. The van der Waals surface area contributed by atoms with E-state index in [2.05, 4.69) is 21.3 Å². The van der Waals surface area contributed by atoms with Crippen LogP contribution in [0.25, 0.3) is 0 Å². The van der Waals surface area contributed by atoms with Gasteiger partial charge in [0.2, 0.25) is 0 Å². The minimum Gasteiger partial charge on any atom is -0.334 e. The van der Waals surface area contributed by atoms with Crippen molar-refractivity contribution in [2.24, 2.45) is 0 Å². The minimum atomic E-state index is -0.928. The fraction of sp³-hybridized carbons (Fsp3) is 0.211. The van der Waals surface area contributed by atoms with Crippen LogP contribution in [0.1, 0.15) is 16.7 Å². The highest BCUT2D eigenvalue weighted by molar-refractivity contribution is 6.07. The van der Waals surface area contributed by atoms with Crippen LogP contribution in [-0.4, -0.2) is 23.5 Å². The third-order valence-corrected chi connectivity index (χ3v) is 4.83. The molecular formula is C19H17FN4O3. The Bertz CT molecular complexity index is 944. The number of urea groups is 2. The lowest BCUT2D eigenvalue weighted by Gasteiger charge is -2.18. The molecule has 1 heterocycles. The summed E-state index contributed by atoms with van der Waals surface area (Å²) in [4.78, 5) is 35.6. The predicted octanol–water partition coefficient (Wildman–Crippen LogP) is 1.82. The van der Waals surface area contributed by atoms with Gasteiger partial charge in [-0.3, -0.25) is 10.1 Å². The van der Waals surface area contributed by atoms with Crippen LogP contribution in [-0.2, 0) is 24.2 Å². The number of anilines is 1. The predicted molar refractivity (Wildman–Crippen MR) is 95.5 cm³/mol. The van der Waals surface area contributed by atoms with Crippen LogP contribution in [0.2, 0.25) is 0 Å². The first kappa shape index (κ1) is 17.0. The van der Waals surface area contributed by atoms with E-state index >= 15 is 0 Å². The molecule has 8 heteroatoms. The summed E-state index contributed by atoms with van der Waals surface area (Å²) in [6.07, 6.45) is 0.809. The van der Waals surface area contributed by atoms with E-state index in [0.29, 0.717) is 18.5 Å².